The maximum Gasteiger partial charge on any atom is 0.132 e. The molecule has 0 aliphatic heterocycles. The van der Waals surface area contributed by atoms with Gasteiger partial charge in [-0.3, -0.25) is 0 Å². The second kappa shape index (κ2) is 4.52. The van der Waals surface area contributed by atoms with Crippen LogP contribution in [0.5, 0.6) is 0 Å². The third-order valence-corrected chi connectivity index (χ3v) is 2.60. The van der Waals surface area contributed by atoms with Crippen LogP contribution in [0.25, 0.3) is 0 Å². The van der Waals surface area contributed by atoms with Gasteiger partial charge in [-0.1, -0.05) is 52.3 Å². The molecule has 0 bridgehead atoms. The molecule has 0 aliphatic rings. The summed E-state index contributed by atoms with van der Waals surface area (Å²) < 4.78 is 0. The molecule has 0 radical (unpaired) electrons. The van der Waals surface area contributed by atoms with E-state index in [1.165, 1.54) is 5.56 Å². The fourth-order valence-corrected chi connectivity index (χ4v) is 1.95. The summed E-state index contributed by atoms with van der Waals surface area (Å²) >= 11 is 6.05. The molecule has 15 heavy (non-hydrogen) atoms. The normalized spacial score (nSPS) is 12.2. The van der Waals surface area contributed by atoms with E-state index < -0.39 is 0 Å². The summed E-state index contributed by atoms with van der Waals surface area (Å²) in [6.45, 7) is 11.0. The van der Waals surface area contributed by atoms with E-state index in [4.69, 9.17) is 11.6 Å². The van der Waals surface area contributed by atoms with Crippen LogP contribution in [0.1, 0.15) is 51.7 Å². The lowest BCUT2D eigenvalue weighted by Gasteiger charge is -2.19. The molecule has 84 valence electrons. The predicted molar refractivity (Wildman–Crippen MR) is 66.5 cm³/mol. The van der Waals surface area contributed by atoms with Gasteiger partial charge in [0.2, 0.25) is 0 Å². The molecule has 0 saturated carbocycles. The summed E-state index contributed by atoms with van der Waals surface area (Å²) in [5.41, 5.74) is 2.72. The number of halogens is 1. The SMILES string of the molecule is CC(C)c1cc(CC(C)(C)C)cnc1Cl. The topological polar surface area (TPSA) is 12.9 Å². The zero-order chi connectivity index (χ0) is 11.6. The van der Waals surface area contributed by atoms with E-state index in [9.17, 15) is 0 Å². The van der Waals surface area contributed by atoms with Crippen molar-refractivity contribution in [3.63, 3.8) is 0 Å². The van der Waals surface area contributed by atoms with Crippen LogP contribution < -0.4 is 0 Å². The molecule has 0 atom stereocenters. The van der Waals surface area contributed by atoms with Crippen molar-refractivity contribution < 1.29 is 0 Å². The van der Waals surface area contributed by atoms with E-state index in [0.717, 1.165) is 12.0 Å². The highest BCUT2D eigenvalue weighted by Gasteiger charge is 2.14. The van der Waals surface area contributed by atoms with Crippen LogP contribution in [0.2, 0.25) is 5.15 Å². The minimum absolute atomic E-state index is 0.295. The fourth-order valence-electron chi connectivity index (χ4n) is 1.62. The molecule has 1 nitrogen and oxygen atoms in total. The van der Waals surface area contributed by atoms with Crippen molar-refractivity contribution >= 4 is 11.6 Å². The molecule has 2 heteroatoms. The first-order valence-corrected chi connectivity index (χ1v) is 5.82. The second-order valence-corrected chi connectivity index (χ2v) is 5.97. The lowest BCUT2D eigenvalue weighted by Crippen LogP contribution is -2.10. The van der Waals surface area contributed by atoms with Gasteiger partial charge in [0.15, 0.2) is 0 Å². The molecule has 0 fully saturated rings. The summed E-state index contributed by atoms with van der Waals surface area (Å²) in [7, 11) is 0. The van der Waals surface area contributed by atoms with Crippen molar-refractivity contribution in [2.24, 2.45) is 5.41 Å². The minimum Gasteiger partial charge on any atom is -0.244 e. The van der Waals surface area contributed by atoms with E-state index in [1.54, 1.807) is 0 Å². The average Bonchev–Trinajstić information content (AvgIpc) is 2.05. The number of aromatic nitrogens is 1. The first kappa shape index (κ1) is 12.5. The third-order valence-electron chi connectivity index (χ3n) is 2.28. The van der Waals surface area contributed by atoms with Crippen LogP contribution in [0.4, 0.5) is 0 Å². The number of nitrogens with zero attached hydrogens (tertiary/aromatic N) is 1. The summed E-state index contributed by atoms with van der Waals surface area (Å²) in [6.07, 6.45) is 2.93. The van der Waals surface area contributed by atoms with Crippen LogP contribution >= 0.6 is 11.6 Å². The van der Waals surface area contributed by atoms with Gasteiger partial charge in [0, 0.05) is 6.20 Å². The summed E-state index contributed by atoms with van der Waals surface area (Å²) in [6, 6.07) is 2.19. The first-order chi connectivity index (χ1) is 6.79. The Hall–Kier alpha value is -0.560. The number of rotatable bonds is 2. The molecule has 0 spiro atoms. The van der Waals surface area contributed by atoms with Gasteiger partial charge in [0.25, 0.3) is 0 Å². The van der Waals surface area contributed by atoms with Crippen molar-refractivity contribution in [1.82, 2.24) is 4.98 Å². The van der Waals surface area contributed by atoms with Gasteiger partial charge >= 0.3 is 0 Å². The van der Waals surface area contributed by atoms with Crippen molar-refractivity contribution in [2.45, 2.75) is 47.0 Å². The molecule has 1 aromatic rings. The van der Waals surface area contributed by atoms with E-state index >= 15 is 0 Å². The zero-order valence-corrected chi connectivity index (χ0v) is 11.0. The van der Waals surface area contributed by atoms with Gasteiger partial charge in [-0.2, -0.15) is 0 Å². The van der Waals surface area contributed by atoms with Gasteiger partial charge in [-0.25, -0.2) is 4.98 Å². The van der Waals surface area contributed by atoms with Crippen LogP contribution in [0.3, 0.4) is 0 Å². The maximum atomic E-state index is 6.05. The molecule has 1 heterocycles. The van der Waals surface area contributed by atoms with Crippen LogP contribution in [0, 0.1) is 5.41 Å². The second-order valence-electron chi connectivity index (χ2n) is 5.62. The molecular weight excluding hydrogens is 206 g/mol. The van der Waals surface area contributed by atoms with E-state index in [1.807, 2.05) is 6.20 Å². The summed E-state index contributed by atoms with van der Waals surface area (Å²) in [4.78, 5) is 4.25. The van der Waals surface area contributed by atoms with E-state index in [2.05, 4.69) is 45.7 Å². The first-order valence-electron chi connectivity index (χ1n) is 5.44. The lowest BCUT2D eigenvalue weighted by molar-refractivity contribution is 0.410. The van der Waals surface area contributed by atoms with Gasteiger partial charge < -0.3 is 0 Å². The quantitative estimate of drug-likeness (QED) is 0.678. The number of pyridine rings is 1. The fraction of sp³-hybridized carbons (Fsp3) is 0.615. The van der Waals surface area contributed by atoms with Crippen molar-refractivity contribution in [1.29, 1.82) is 0 Å². The zero-order valence-electron chi connectivity index (χ0n) is 10.3. The average molecular weight is 226 g/mol. The molecular formula is C13H20ClN. The lowest BCUT2D eigenvalue weighted by atomic mass is 9.88. The molecule has 0 aliphatic carbocycles. The Bertz CT molecular complexity index is 337. The highest BCUT2D eigenvalue weighted by atomic mass is 35.5. The molecule has 1 rings (SSSR count). The Morgan fingerprint density at radius 3 is 2.40 bits per heavy atom. The van der Waals surface area contributed by atoms with Crippen LogP contribution in [0.15, 0.2) is 12.3 Å². The van der Waals surface area contributed by atoms with Crippen molar-refractivity contribution in [3.8, 4) is 0 Å². The molecule has 0 unspecified atom stereocenters. The van der Waals surface area contributed by atoms with Gasteiger partial charge in [-0.05, 0) is 28.9 Å². The molecule has 1 aromatic heterocycles. The Kier molecular flexibility index (Phi) is 3.77. The predicted octanol–water partition coefficient (Wildman–Crippen LogP) is 4.45. The van der Waals surface area contributed by atoms with Crippen LogP contribution in [-0.2, 0) is 6.42 Å². The van der Waals surface area contributed by atoms with Crippen molar-refractivity contribution in [2.75, 3.05) is 0 Å². The Morgan fingerprint density at radius 2 is 1.93 bits per heavy atom. The number of hydrogen-bond donors (Lipinski definition) is 0. The molecule has 0 saturated heterocycles. The maximum absolute atomic E-state index is 6.05. The summed E-state index contributed by atoms with van der Waals surface area (Å²) in [5, 5.41) is 0.641. The standard InChI is InChI=1S/C13H20ClN/c1-9(2)11-6-10(7-13(3,4)5)8-15-12(11)14/h6,8-9H,7H2,1-5H3. The van der Waals surface area contributed by atoms with E-state index in [-0.39, 0.29) is 0 Å². The Morgan fingerprint density at radius 1 is 1.33 bits per heavy atom. The third kappa shape index (κ3) is 3.83. The van der Waals surface area contributed by atoms with Gasteiger partial charge in [0.1, 0.15) is 5.15 Å². The minimum atomic E-state index is 0.295. The van der Waals surface area contributed by atoms with E-state index in [0.29, 0.717) is 16.5 Å². The summed E-state index contributed by atoms with van der Waals surface area (Å²) in [5.74, 6) is 0.435. The smallest absolute Gasteiger partial charge is 0.132 e. The number of hydrogen-bond acceptors (Lipinski definition) is 1. The Labute approximate surface area is 97.9 Å². The largest absolute Gasteiger partial charge is 0.244 e. The van der Waals surface area contributed by atoms with Gasteiger partial charge in [0.05, 0.1) is 0 Å². The highest BCUT2D eigenvalue weighted by Crippen LogP contribution is 2.26. The molecule has 0 amide bonds. The van der Waals surface area contributed by atoms with Crippen LogP contribution in [-0.4, -0.2) is 4.98 Å². The molecule has 0 aromatic carbocycles. The van der Waals surface area contributed by atoms with Gasteiger partial charge in [-0.15, -0.1) is 0 Å². The molecule has 0 N–H and O–H groups in total. The Balaban J connectivity index is 2.98. The monoisotopic (exact) mass is 225 g/mol. The van der Waals surface area contributed by atoms with Crippen molar-refractivity contribution in [3.05, 3.63) is 28.5 Å². The highest BCUT2D eigenvalue weighted by molar-refractivity contribution is 6.30.